The molecule has 0 aromatic heterocycles. The van der Waals surface area contributed by atoms with E-state index >= 15 is 0 Å². The Bertz CT molecular complexity index is 487. The van der Waals surface area contributed by atoms with Crippen molar-refractivity contribution in [1.29, 1.82) is 0 Å². The van der Waals surface area contributed by atoms with E-state index in [-0.39, 0.29) is 21.7 Å². The van der Waals surface area contributed by atoms with Crippen molar-refractivity contribution in [1.82, 2.24) is 0 Å². The maximum atomic E-state index is 12.0. The van der Waals surface area contributed by atoms with E-state index in [1.165, 1.54) is 25.3 Å². The first-order valence-corrected chi connectivity index (χ1v) is 7.25. The van der Waals surface area contributed by atoms with Crippen LogP contribution in [0.2, 0.25) is 5.02 Å². The number of sulfone groups is 1. The number of hydrogen-bond donors (Lipinski definition) is 1. The van der Waals surface area contributed by atoms with E-state index in [0.717, 1.165) is 0 Å². The van der Waals surface area contributed by atoms with E-state index in [1.807, 2.05) is 6.92 Å². The Labute approximate surface area is 107 Å². The lowest BCUT2D eigenvalue weighted by molar-refractivity contribution is 0.414. The molecule has 1 aromatic carbocycles. The molecule has 6 heteroatoms. The van der Waals surface area contributed by atoms with Gasteiger partial charge in [-0.15, -0.1) is 0 Å². The van der Waals surface area contributed by atoms with Crippen LogP contribution in [-0.4, -0.2) is 27.3 Å². The van der Waals surface area contributed by atoms with E-state index in [1.54, 1.807) is 0 Å². The molecule has 0 heterocycles. The van der Waals surface area contributed by atoms with Gasteiger partial charge in [-0.2, -0.15) is 0 Å². The molecule has 1 unspecified atom stereocenters. The minimum atomic E-state index is -3.38. The lowest BCUT2D eigenvalue weighted by Gasteiger charge is -2.11. The van der Waals surface area contributed by atoms with Gasteiger partial charge in [0, 0.05) is 6.04 Å². The van der Waals surface area contributed by atoms with Crippen molar-refractivity contribution in [3.63, 3.8) is 0 Å². The summed E-state index contributed by atoms with van der Waals surface area (Å²) in [5, 5.41) is 0.277. The molecule has 0 radical (unpaired) electrons. The normalized spacial score (nSPS) is 13.4. The van der Waals surface area contributed by atoms with Gasteiger partial charge in [0.1, 0.15) is 5.75 Å². The zero-order valence-corrected chi connectivity index (χ0v) is 11.4. The van der Waals surface area contributed by atoms with Crippen LogP contribution >= 0.6 is 11.6 Å². The Balaban J connectivity index is 3.04. The zero-order valence-electron chi connectivity index (χ0n) is 9.81. The lowest BCUT2D eigenvalue weighted by atomic mass is 10.3. The summed E-state index contributed by atoms with van der Waals surface area (Å²) in [7, 11) is -1.91. The smallest absolute Gasteiger partial charge is 0.179 e. The molecule has 0 fully saturated rings. The summed E-state index contributed by atoms with van der Waals surface area (Å²) in [6, 6.07) is 4.04. The average Bonchev–Trinajstić information content (AvgIpc) is 2.28. The minimum absolute atomic E-state index is 0.0772. The Morgan fingerprint density at radius 3 is 2.59 bits per heavy atom. The molecule has 1 atom stereocenters. The van der Waals surface area contributed by atoms with Gasteiger partial charge in [-0.1, -0.05) is 18.5 Å². The van der Waals surface area contributed by atoms with Crippen molar-refractivity contribution in [2.24, 2.45) is 5.73 Å². The van der Waals surface area contributed by atoms with Crippen LogP contribution in [0, 0.1) is 0 Å². The third-order valence-electron chi connectivity index (χ3n) is 2.44. The van der Waals surface area contributed by atoms with E-state index in [2.05, 4.69) is 0 Å². The van der Waals surface area contributed by atoms with E-state index in [0.29, 0.717) is 12.2 Å². The third-order valence-corrected chi connectivity index (χ3v) is 4.57. The van der Waals surface area contributed by atoms with Gasteiger partial charge in [0.2, 0.25) is 0 Å². The Kier molecular flexibility index (Phi) is 4.80. The molecule has 17 heavy (non-hydrogen) atoms. The second-order valence-electron chi connectivity index (χ2n) is 3.75. The Morgan fingerprint density at radius 1 is 1.47 bits per heavy atom. The predicted octanol–water partition coefficient (Wildman–Crippen LogP) is 1.86. The molecule has 4 nitrogen and oxygen atoms in total. The summed E-state index contributed by atoms with van der Waals surface area (Å²) in [6.45, 7) is 1.85. The predicted molar refractivity (Wildman–Crippen MR) is 68.3 cm³/mol. The minimum Gasteiger partial charge on any atom is -0.495 e. The van der Waals surface area contributed by atoms with E-state index in [9.17, 15) is 8.42 Å². The summed E-state index contributed by atoms with van der Waals surface area (Å²) in [5.41, 5.74) is 5.65. The van der Waals surface area contributed by atoms with Gasteiger partial charge in [0.05, 0.1) is 22.8 Å². The molecular weight excluding hydrogens is 262 g/mol. The second-order valence-corrected chi connectivity index (χ2v) is 6.19. The van der Waals surface area contributed by atoms with Gasteiger partial charge in [-0.05, 0) is 24.6 Å². The monoisotopic (exact) mass is 277 g/mol. The highest BCUT2D eigenvalue weighted by Gasteiger charge is 2.19. The average molecular weight is 278 g/mol. The SMILES string of the molecule is CCC(N)CS(=O)(=O)c1ccc(OC)c(Cl)c1. The van der Waals surface area contributed by atoms with Gasteiger partial charge in [-0.3, -0.25) is 0 Å². The molecule has 1 rings (SSSR count). The van der Waals surface area contributed by atoms with Crippen molar-refractivity contribution in [2.75, 3.05) is 12.9 Å². The largest absolute Gasteiger partial charge is 0.495 e. The van der Waals surface area contributed by atoms with Crippen LogP contribution in [0.5, 0.6) is 5.75 Å². The maximum absolute atomic E-state index is 12.0. The van der Waals surface area contributed by atoms with E-state index in [4.69, 9.17) is 22.1 Å². The standard InChI is InChI=1S/C11H16ClNO3S/c1-3-8(13)7-17(14,15)9-4-5-11(16-2)10(12)6-9/h4-6,8H,3,7,13H2,1-2H3. The molecule has 0 spiro atoms. The fourth-order valence-corrected chi connectivity index (χ4v) is 3.22. The topological polar surface area (TPSA) is 69.4 Å². The van der Waals surface area contributed by atoms with Gasteiger partial charge >= 0.3 is 0 Å². The second kappa shape index (κ2) is 5.71. The van der Waals surface area contributed by atoms with Gasteiger partial charge in [0.25, 0.3) is 0 Å². The number of methoxy groups -OCH3 is 1. The number of nitrogens with two attached hydrogens (primary N) is 1. The summed E-state index contributed by atoms with van der Waals surface area (Å²) >= 11 is 5.89. The molecule has 0 amide bonds. The molecule has 0 saturated heterocycles. The molecule has 1 aromatic rings. The number of benzene rings is 1. The van der Waals surface area contributed by atoms with Crippen LogP contribution < -0.4 is 10.5 Å². The first-order chi connectivity index (χ1) is 7.90. The quantitative estimate of drug-likeness (QED) is 0.892. The molecular formula is C11H16ClNO3S. The molecule has 0 bridgehead atoms. The number of halogens is 1. The first-order valence-electron chi connectivity index (χ1n) is 5.22. The summed E-state index contributed by atoms with van der Waals surface area (Å²) in [4.78, 5) is 0.173. The fourth-order valence-electron chi connectivity index (χ4n) is 1.34. The summed E-state index contributed by atoms with van der Waals surface area (Å²) in [6.07, 6.45) is 0.614. The van der Waals surface area contributed by atoms with Crippen LogP contribution in [0.15, 0.2) is 23.1 Å². The van der Waals surface area contributed by atoms with Gasteiger partial charge in [0.15, 0.2) is 9.84 Å². The molecule has 0 aliphatic heterocycles. The van der Waals surface area contributed by atoms with Crippen LogP contribution in [0.3, 0.4) is 0 Å². The first kappa shape index (κ1) is 14.3. The lowest BCUT2D eigenvalue weighted by Crippen LogP contribution is -2.28. The maximum Gasteiger partial charge on any atom is 0.179 e. The van der Waals surface area contributed by atoms with E-state index < -0.39 is 9.84 Å². The number of rotatable bonds is 5. The molecule has 0 aliphatic carbocycles. The van der Waals surface area contributed by atoms with Crippen molar-refractivity contribution < 1.29 is 13.2 Å². The van der Waals surface area contributed by atoms with Crippen molar-refractivity contribution in [2.45, 2.75) is 24.3 Å². The highest BCUT2D eigenvalue weighted by Crippen LogP contribution is 2.27. The van der Waals surface area contributed by atoms with Gasteiger partial charge in [-0.25, -0.2) is 8.42 Å². The third kappa shape index (κ3) is 3.59. The van der Waals surface area contributed by atoms with Crippen LogP contribution in [0.4, 0.5) is 0 Å². The number of ether oxygens (including phenoxy) is 1. The van der Waals surface area contributed by atoms with Crippen LogP contribution in [0.1, 0.15) is 13.3 Å². The summed E-state index contributed by atoms with van der Waals surface area (Å²) < 4.78 is 28.9. The van der Waals surface area contributed by atoms with Gasteiger partial charge < -0.3 is 10.5 Å². The van der Waals surface area contributed by atoms with Crippen molar-refractivity contribution in [3.05, 3.63) is 23.2 Å². The number of hydrogen-bond acceptors (Lipinski definition) is 4. The molecule has 2 N–H and O–H groups in total. The summed E-state index contributed by atoms with van der Waals surface area (Å²) in [5.74, 6) is 0.372. The van der Waals surface area contributed by atoms with Crippen LogP contribution in [-0.2, 0) is 9.84 Å². The Morgan fingerprint density at radius 2 is 2.12 bits per heavy atom. The zero-order chi connectivity index (χ0) is 13.1. The highest BCUT2D eigenvalue weighted by molar-refractivity contribution is 7.91. The molecule has 96 valence electrons. The highest BCUT2D eigenvalue weighted by atomic mass is 35.5. The molecule has 0 aliphatic rings. The van der Waals surface area contributed by atoms with Crippen LogP contribution in [0.25, 0.3) is 0 Å². The van der Waals surface area contributed by atoms with Crippen molar-refractivity contribution >= 4 is 21.4 Å². The van der Waals surface area contributed by atoms with Crippen molar-refractivity contribution in [3.8, 4) is 5.75 Å². The fraction of sp³-hybridized carbons (Fsp3) is 0.455. The Hall–Kier alpha value is -0.780. The molecule has 0 saturated carbocycles.